The summed E-state index contributed by atoms with van der Waals surface area (Å²) in [7, 11) is 3.04. The first-order valence-electron chi connectivity index (χ1n) is 15.8. The molecule has 0 atom stereocenters. The number of imide groups is 2. The minimum absolute atomic E-state index is 0.208. The molecule has 4 aromatic rings. The van der Waals surface area contributed by atoms with Crippen molar-refractivity contribution in [3.05, 3.63) is 107 Å². The van der Waals surface area contributed by atoms with E-state index in [2.05, 4.69) is 5.32 Å². The van der Waals surface area contributed by atoms with E-state index in [1.54, 1.807) is 37.4 Å². The first-order chi connectivity index (χ1) is 23.8. The molecule has 4 aromatic carbocycles. The van der Waals surface area contributed by atoms with Crippen molar-refractivity contribution in [2.24, 2.45) is 0 Å². The third-order valence-electron chi connectivity index (χ3n) is 7.41. The number of benzene rings is 4. The minimum Gasteiger partial charge on any atom is -0.493 e. The predicted octanol–water partition coefficient (Wildman–Crippen LogP) is 6.72. The molecule has 1 aliphatic heterocycles. The fourth-order valence-electron chi connectivity index (χ4n) is 5.00. The zero-order valence-corrected chi connectivity index (χ0v) is 27.8. The lowest BCUT2D eigenvalue weighted by Gasteiger charge is -2.27. The lowest BCUT2D eigenvalue weighted by Crippen LogP contribution is -2.54. The van der Waals surface area contributed by atoms with Gasteiger partial charge in [0.05, 0.1) is 33.1 Å². The van der Waals surface area contributed by atoms with Gasteiger partial charge in [0.15, 0.2) is 34.5 Å². The van der Waals surface area contributed by atoms with Crippen LogP contribution in [0.2, 0.25) is 0 Å². The monoisotopic (exact) mass is 666 g/mol. The van der Waals surface area contributed by atoms with E-state index in [-0.39, 0.29) is 17.9 Å². The fourth-order valence-corrected chi connectivity index (χ4v) is 5.00. The van der Waals surface area contributed by atoms with Gasteiger partial charge in [0.1, 0.15) is 18.8 Å². The highest BCUT2D eigenvalue weighted by Gasteiger charge is 2.37. The number of urea groups is 1. The van der Waals surface area contributed by atoms with Crippen LogP contribution in [0.15, 0.2) is 90.5 Å². The molecule has 4 amide bonds. The summed E-state index contributed by atoms with van der Waals surface area (Å²) in [6.07, 6.45) is 2.19. The quantitative estimate of drug-likeness (QED) is 0.109. The molecule has 254 valence electrons. The van der Waals surface area contributed by atoms with Crippen LogP contribution in [0.5, 0.6) is 34.5 Å². The number of anilines is 1. The third-order valence-corrected chi connectivity index (χ3v) is 7.41. The summed E-state index contributed by atoms with van der Waals surface area (Å²) >= 11 is 0. The van der Waals surface area contributed by atoms with E-state index in [0.29, 0.717) is 59.9 Å². The molecule has 1 saturated heterocycles. The van der Waals surface area contributed by atoms with Gasteiger partial charge in [-0.15, -0.1) is 0 Å². The summed E-state index contributed by atoms with van der Waals surface area (Å²) in [6, 6.07) is 24.3. The van der Waals surface area contributed by atoms with E-state index >= 15 is 0 Å². The number of hydrogen-bond donors (Lipinski definition) is 1. The van der Waals surface area contributed by atoms with E-state index in [4.69, 9.17) is 28.4 Å². The van der Waals surface area contributed by atoms with Gasteiger partial charge >= 0.3 is 6.03 Å². The number of amides is 4. The van der Waals surface area contributed by atoms with Crippen LogP contribution >= 0.6 is 0 Å². The maximum Gasteiger partial charge on any atom is 0.335 e. The van der Waals surface area contributed by atoms with Gasteiger partial charge in [0.25, 0.3) is 11.8 Å². The number of rotatable bonds is 15. The average Bonchev–Trinajstić information content (AvgIpc) is 3.12. The van der Waals surface area contributed by atoms with Gasteiger partial charge in [-0.1, -0.05) is 49.4 Å². The fraction of sp³-hybridized carbons (Fsp3) is 0.237. The third kappa shape index (κ3) is 8.31. The maximum absolute atomic E-state index is 13.6. The second kappa shape index (κ2) is 16.2. The van der Waals surface area contributed by atoms with Gasteiger partial charge in [-0.05, 0) is 72.5 Å². The molecule has 1 fully saturated rings. The molecular weight excluding hydrogens is 628 g/mol. The Morgan fingerprint density at radius 2 is 1.31 bits per heavy atom. The molecule has 1 aliphatic rings. The standard InChI is InChI=1S/C38H38N2O9/c1-5-18-47-30-17-14-28(22-34(30)45-4)40-37(42)29(36(41)39-38(40)43)19-26-12-15-32(35(20-26)46-6-2)49-24-27-13-16-31(33(21-27)44-3)48-23-25-10-8-7-9-11-25/h7-17,19-22H,5-6,18,23-24H2,1-4H3,(H,39,41,43)/b29-19-. The molecule has 0 spiro atoms. The first kappa shape index (κ1) is 34.4. The molecule has 0 bridgehead atoms. The van der Waals surface area contributed by atoms with Crippen LogP contribution in [-0.4, -0.2) is 45.3 Å². The number of nitrogens with one attached hydrogen (secondary N) is 1. The number of hydrogen-bond acceptors (Lipinski definition) is 9. The molecule has 1 N–H and O–H groups in total. The number of nitrogens with zero attached hydrogens (tertiary/aromatic N) is 1. The summed E-state index contributed by atoms with van der Waals surface area (Å²) < 4.78 is 34.6. The van der Waals surface area contributed by atoms with E-state index < -0.39 is 17.8 Å². The molecule has 5 rings (SSSR count). The lowest BCUT2D eigenvalue weighted by atomic mass is 10.1. The SMILES string of the molecule is CCCOc1ccc(N2C(=O)NC(=O)/C(=C/c3ccc(OCc4ccc(OCc5ccccc5)c(OC)c4)c(OCC)c3)C2=O)cc1OC. The maximum atomic E-state index is 13.6. The predicted molar refractivity (Wildman–Crippen MR) is 183 cm³/mol. The van der Waals surface area contributed by atoms with Crippen LogP contribution in [0.4, 0.5) is 10.5 Å². The second-order valence-electron chi connectivity index (χ2n) is 10.8. The highest BCUT2D eigenvalue weighted by atomic mass is 16.5. The molecular formula is C38H38N2O9. The Balaban J connectivity index is 1.32. The van der Waals surface area contributed by atoms with Crippen LogP contribution in [-0.2, 0) is 22.8 Å². The van der Waals surface area contributed by atoms with Gasteiger partial charge in [0.2, 0.25) is 0 Å². The largest absolute Gasteiger partial charge is 0.493 e. The Kier molecular flexibility index (Phi) is 11.4. The summed E-state index contributed by atoms with van der Waals surface area (Å²) in [5.74, 6) is 1.27. The highest BCUT2D eigenvalue weighted by Crippen LogP contribution is 2.35. The zero-order chi connectivity index (χ0) is 34.8. The van der Waals surface area contributed by atoms with Crippen LogP contribution in [0.25, 0.3) is 6.08 Å². The van der Waals surface area contributed by atoms with Gasteiger partial charge in [-0.3, -0.25) is 14.9 Å². The smallest absolute Gasteiger partial charge is 0.335 e. The Hall–Kier alpha value is -5.97. The Bertz CT molecular complexity index is 1840. The Morgan fingerprint density at radius 3 is 2.02 bits per heavy atom. The van der Waals surface area contributed by atoms with Gasteiger partial charge < -0.3 is 28.4 Å². The van der Waals surface area contributed by atoms with Crippen molar-refractivity contribution >= 4 is 29.6 Å². The van der Waals surface area contributed by atoms with Gasteiger partial charge in [0, 0.05) is 6.07 Å². The summed E-state index contributed by atoms with van der Waals surface area (Å²) in [4.78, 5) is 40.1. The Labute approximate surface area is 284 Å². The molecule has 11 heteroatoms. The number of ether oxygens (including phenoxy) is 6. The average molecular weight is 667 g/mol. The first-order valence-corrected chi connectivity index (χ1v) is 15.8. The second-order valence-corrected chi connectivity index (χ2v) is 10.8. The van der Waals surface area contributed by atoms with Crippen LogP contribution < -0.4 is 38.6 Å². The molecule has 0 unspecified atom stereocenters. The van der Waals surface area contributed by atoms with Crippen molar-refractivity contribution in [3.63, 3.8) is 0 Å². The minimum atomic E-state index is -0.873. The number of methoxy groups -OCH3 is 2. The Morgan fingerprint density at radius 1 is 0.653 bits per heavy atom. The van der Waals surface area contributed by atoms with Crippen molar-refractivity contribution in [2.75, 3.05) is 32.3 Å². The van der Waals surface area contributed by atoms with Crippen LogP contribution in [0.1, 0.15) is 37.0 Å². The summed E-state index contributed by atoms with van der Waals surface area (Å²) in [5, 5.41) is 2.25. The summed E-state index contributed by atoms with van der Waals surface area (Å²) in [5.41, 5.74) is 2.36. The van der Waals surface area contributed by atoms with Crippen molar-refractivity contribution in [3.8, 4) is 34.5 Å². The number of carbonyl (C=O) groups is 3. The van der Waals surface area contributed by atoms with Gasteiger partial charge in [-0.25, -0.2) is 9.69 Å². The normalized spacial score (nSPS) is 13.6. The van der Waals surface area contributed by atoms with Crippen LogP contribution in [0.3, 0.4) is 0 Å². The molecule has 0 radical (unpaired) electrons. The van der Waals surface area contributed by atoms with E-state index in [1.165, 1.54) is 19.3 Å². The van der Waals surface area contributed by atoms with Crippen molar-refractivity contribution in [2.45, 2.75) is 33.5 Å². The highest BCUT2D eigenvalue weighted by molar-refractivity contribution is 6.39. The van der Waals surface area contributed by atoms with Crippen molar-refractivity contribution < 1.29 is 42.8 Å². The number of carbonyl (C=O) groups excluding carboxylic acids is 3. The van der Waals surface area contributed by atoms with Crippen LogP contribution in [0, 0.1) is 0 Å². The lowest BCUT2D eigenvalue weighted by molar-refractivity contribution is -0.122. The molecule has 1 heterocycles. The van der Waals surface area contributed by atoms with E-state index in [9.17, 15) is 14.4 Å². The molecule has 0 saturated carbocycles. The molecule has 11 nitrogen and oxygen atoms in total. The van der Waals surface area contributed by atoms with E-state index in [0.717, 1.165) is 22.4 Å². The molecule has 49 heavy (non-hydrogen) atoms. The summed E-state index contributed by atoms with van der Waals surface area (Å²) in [6.45, 7) is 5.24. The molecule has 0 aromatic heterocycles. The van der Waals surface area contributed by atoms with Crippen molar-refractivity contribution in [1.82, 2.24) is 5.32 Å². The van der Waals surface area contributed by atoms with Gasteiger partial charge in [-0.2, -0.15) is 0 Å². The van der Waals surface area contributed by atoms with Crippen molar-refractivity contribution in [1.29, 1.82) is 0 Å². The zero-order valence-electron chi connectivity index (χ0n) is 27.8. The molecule has 0 aliphatic carbocycles. The topological polar surface area (TPSA) is 122 Å². The number of barbiturate groups is 1. The van der Waals surface area contributed by atoms with E-state index in [1.807, 2.05) is 62.4 Å².